The van der Waals surface area contributed by atoms with E-state index in [4.69, 9.17) is 4.74 Å². The second-order valence-corrected chi connectivity index (χ2v) is 5.74. The summed E-state index contributed by atoms with van der Waals surface area (Å²) >= 11 is 3.53. The van der Waals surface area contributed by atoms with Crippen molar-refractivity contribution in [3.05, 3.63) is 46.3 Å². The van der Waals surface area contributed by atoms with Crippen LogP contribution in [0.3, 0.4) is 0 Å². The van der Waals surface area contributed by atoms with E-state index in [1.807, 2.05) is 37.3 Å². The highest BCUT2D eigenvalue weighted by molar-refractivity contribution is 9.10. The zero-order valence-electron chi connectivity index (χ0n) is 10.9. The van der Waals surface area contributed by atoms with Crippen molar-refractivity contribution in [3.63, 3.8) is 0 Å². The maximum Gasteiger partial charge on any atom is 0.163 e. The molecule has 2 aromatic rings. The van der Waals surface area contributed by atoms with Gasteiger partial charge in [0.15, 0.2) is 11.2 Å². The second-order valence-electron chi connectivity index (χ2n) is 4.88. The van der Waals surface area contributed by atoms with Gasteiger partial charge in [-0.1, -0.05) is 34.1 Å². The van der Waals surface area contributed by atoms with Crippen molar-refractivity contribution in [2.24, 2.45) is 0 Å². The molecule has 0 aliphatic carbocycles. The van der Waals surface area contributed by atoms with Gasteiger partial charge in [0.05, 0.1) is 25.0 Å². The van der Waals surface area contributed by atoms with Gasteiger partial charge in [-0.15, -0.1) is 0 Å². The van der Waals surface area contributed by atoms with Crippen molar-refractivity contribution in [1.29, 1.82) is 5.26 Å². The molecule has 0 atom stereocenters. The summed E-state index contributed by atoms with van der Waals surface area (Å²) < 4.78 is 6.15. The van der Waals surface area contributed by atoms with Gasteiger partial charge in [0.1, 0.15) is 0 Å². The summed E-state index contributed by atoms with van der Waals surface area (Å²) in [7, 11) is 0. The summed E-state index contributed by atoms with van der Waals surface area (Å²) in [6, 6.07) is 12.1. The van der Waals surface area contributed by atoms with Crippen molar-refractivity contribution in [2.45, 2.75) is 12.3 Å². The Morgan fingerprint density at radius 1 is 1.30 bits per heavy atom. The van der Waals surface area contributed by atoms with Gasteiger partial charge in [-0.3, -0.25) is 0 Å². The monoisotopic (exact) mass is 329 g/mol. The molecule has 4 nitrogen and oxygen atoms in total. The number of nitrogens with zero attached hydrogens (tertiary/aromatic N) is 3. The molecule has 5 heteroatoms. The van der Waals surface area contributed by atoms with E-state index in [1.165, 1.54) is 0 Å². The van der Waals surface area contributed by atoms with E-state index in [9.17, 15) is 5.26 Å². The third-order valence-corrected chi connectivity index (χ3v) is 4.03. The average Bonchev–Trinajstić information content (AvgIpc) is 2.38. The standard InChI is InChI=1S/C15H12BrN3O/c1-10-6-13(11-4-2-3-5-12(11)16)19-14(18-10)15(7-17)8-20-9-15/h2-6H,8-9H2,1H3. The first-order valence-electron chi connectivity index (χ1n) is 6.25. The molecule has 0 N–H and O–H groups in total. The fraction of sp³-hybridized carbons (Fsp3) is 0.267. The number of halogens is 1. The van der Waals surface area contributed by atoms with Crippen LogP contribution in [0.15, 0.2) is 34.8 Å². The molecule has 0 bridgehead atoms. The Morgan fingerprint density at radius 2 is 2.05 bits per heavy atom. The molecule has 1 saturated heterocycles. The highest BCUT2D eigenvalue weighted by Crippen LogP contribution is 2.32. The molecule has 1 aliphatic rings. The normalized spacial score (nSPS) is 16.2. The Bertz CT molecular complexity index is 705. The van der Waals surface area contributed by atoms with Gasteiger partial charge in [-0.25, -0.2) is 9.97 Å². The predicted octanol–water partition coefficient (Wildman–Crippen LogP) is 3.01. The number of aryl methyl sites for hydroxylation is 1. The minimum absolute atomic E-state index is 0.363. The lowest BCUT2D eigenvalue weighted by Crippen LogP contribution is -2.47. The van der Waals surface area contributed by atoms with Crippen molar-refractivity contribution in [2.75, 3.05) is 13.2 Å². The van der Waals surface area contributed by atoms with Crippen LogP contribution in [0.25, 0.3) is 11.3 Å². The van der Waals surface area contributed by atoms with Crippen molar-refractivity contribution >= 4 is 15.9 Å². The number of aromatic nitrogens is 2. The molecule has 1 fully saturated rings. The van der Waals surface area contributed by atoms with Crippen molar-refractivity contribution in [1.82, 2.24) is 9.97 Å². The summed E-state index contributed by atoms with van der Waals surface area (Å²) in [5.41, 5.74) is 1.97. The molecule has 1 aliphatic heterocycles. The number of benzene rings is 1. The van der Waals surface area contributed by atoms with Gasteiger partial charge in [0.2, 0.25) is 0 Å². The van der Waals surface area contributed by atoms with Gasteiger partial charge in [0.25, 0.3) is 0 Å². The lowest BCUT2D eigenvalue weighted by Gasteiger charge is -2.33. The summed E-state index contributed by atoms with van der Waals surface area (Å²) in [6.07, 6.45) is 0. The molecule has 0 radical (unpaired) electrons. The van der Waals surface area contributed by atoms with Crippen LogP contribution in [-0.4, -0.2) is 23.2 Å². The molecule has 0 amide bonds. The number of nitriles is 1. The van der Waals surface area contributed by atoms with E-state index in [0.29, 0.717) is 19.0 Å². The first-order valence-corrected chi connectivity index (χ1v) is 7.04. The minimum atomic E-state index is -0.692. The topological polar surface area (TPSA) is 58.8 Å². The summed E-state index contributed by atoms with van der Waals surface area (Å²) in [5, 5.41) is 9.38. The van der Waals surface area contributed by atoms with Crippen LogP contribution in [0.2, 0.25) is 0 Å². The maximum atomic E-state index is 9.38. The molecule has 3 rings (SSSR count). The molecule has 0 spiro atoms. The molecule has 1 aromatic carbocycles. The largest absolute Gasteiger partial charge is 0.377 e. The Balaban J connectivity index is 2.13. The van der Waals surface area contributed by atoms with Crippen LogP contribution in [0.4, 0.5) is 0 Å². The van der Waals surface area contributed by atoms with E-state index >= 15 is 0 Å². The maximum absolute atomic E-state index is 9.38. The minimum Gasteiger partial charge on any atom is -0.377 e. The fourth-order valence-electron chi connectivity index (χ4n) is 2.14. The molecule has 0 saturated carbocycles. The zero-order chi connectivity index (χ0) is 14.2. The van der Waals surface area contributed by atoms with Gasteiger partial charge < -0.3 is 4.74 Å². The summed E-state index contributed by atoms with van der Waals surface area (Å²) in [4.78, 5) is 9.01. The highest BCUT2D eigenvalue weighted by atomic mass is 79.9. The lowest BCUT2D eigenvalue weighted by atomic mass is 9.86. The van der Waals surface area contributed by atoms with Gasteiger partial charge >= 0.3 is 0 Å². The Kier molecular flexibility index (Phi) is 3.28. The Labute approximate surface area is 125 Å². The lowest BCUT2D eigenvalue weighted by molar-refractivity contribution is -0.0339. The van der Waals surface area contributed by atoms with Crippen molar-refractivity contribution in [3.8, 4) is 17.3 Å². The number of ether oxygens (including phenoxy) is 1. The third-order valence-electron chi connectivity index (χ3n) is 3.34. The highest BCUT2D eigenvalue weighted by Gasteiger charge is 2.44. The smallest absolute Gasteiger partial charge is 0.163 e. The molecule has 0 unspecified atom stereocenters. The van der Waals surface area contributed by atoms with Crippen LogP contribution in [0.5, 0.6) is 0 Å². The predicted molar refractivity (Wildman–Crippen MR) is 78.0 cm³/mol. The van der Waals surface area contributed by atoms with E-state index in [1.54, 1.807) is 0 Å². The summed E-state index contributed by atoms with van der Waals surface area (Å²) in [6.45, 7) is 2.64. The van der Waals surface area contributed by atoms with Crippen LogP contribution in [0, 0.1) is 18.3 Å². The van der Waals surface area contributed by atoms with Crippen LogP contribution in [-0.2, 0) is 10.2 Å². The zero-order valence-corrected chi connectivity index (χ0v) is 12.5. The molecular formula is C15H12BrN3O. The molecule has 1 aromatic heterocycles. The van der Waals surface area contributed by atoms with Gasteiger partial charge in [-0.05, 0) is 19.1 Å². The number of rotatable bonds is 2. The van der Waals surface area contributed by atoms with Crippen molar-refractivity contribution < 1.29 is 4.74 Å². The van der Waals surface area contributed by atoms with Gasteiger partial charge in [0, 0.05) is 15.7 Å². The average molecular weight is 330 g/mol. The fourth-order valence-corrected chi connectivity index (χ4v) is 2.63. The molecular weight excluding hydrogens is 318 g/mol. The van der Waals surface area contributed by atoms with Crippen LogP contribution in [0.1, 0.15) is 11.5 Å². The molecule has 100 valence electrons. The Hall–Kier alpha value is -1.77. The van der Waals surface area contributed by atoms with Crippen LogP contribution < -0.4 is 0 Å². The molecule has 20 heavy (non-hydrogen) atoms. The van der Waals surface area contributed by atoms with E-state index < -0.39 is 5.41 Å². The second kappa shape index (κ2) is 4.97. The SMILES string of the molecule is Cc1cc(-c2ccccc2Br)nc(C2(C#N)COC2)n1. The molecule has 2 heterocycles. The summed E-state index contributed by atoms with van der Waals surface area (Å²) in [5.74, 6) is 0.553. The van der Waals surface area contributed by atoms with E-state index in [2.05, 4.69) is 32.0 Å². The van der Waals surface area contributed by atoms with E-state index in [-0.39, 0.29) is 0 Å². The number of hydrogen-bond donors (Lipinski definition) is 0. The number of hydrogen-bond acceptors (Lipinski definition) is 4. The first-order chi connectivity index (χ1) is 9.64. The Morgan fingerprint density at radius 3 is 2.65 bits per heavy atom. The quantitative estimate of drug-likeness (QED) is 0.849. The van der Waals surface area contributed by atoms with E-state index in [0.717, 1.165) is 21.4 Å². The third kappa shape index (κ3) is 2.11. The first kappa shape index (κ1) is 13.2. The van der Waals surface area contributed by atoms with Gasteiger partial charge in [-0.2, -0.15) is 5.26 Å². The van der Waals surface area contributed by atoms with Crippen LogP contribution >= 0.6 is 15.9 Å².